The van der Waals surface area contributed by atoms with Crippen molar-refractivity contribution in [3.05, 3.63) is 34.4 Å². The Labute approximate surface area is 133 Å². The Bertz CT molecular complexity index is 517. The minimum Gasteiger partial charge on any atom is -0.393 e. The second-order valence-electron chi connectivity index (χ2n) is 6.62. The molecule has 0 radical (unpaired) electrons. The maximum Gasteiger partial charge on any atom is 0.317 e. The van der Waals surface area contributed by atoms with Crippen molar-refractivity contribution in [2.24, 2.45) is 5.92 Å². The van der Waals surface area contributed by atoms with Crippen LogP contribution in [0.4, 0.5) is 4.79 Å². The van der Waals surface area contributed by atoms with Crippen molar-refractivity contribution >= 4 is 6.03 Å². The fourth-order valence-electron chi connectivity index (χ4n) is 3.35. The number of urea groups is 1. The Morgan fingerprint density at radius 3 is 2.59 bits per heavy atom. The molecule has 1 aromatic carbocycles. The molecular weight excluding hydrogens is 276 g/mol. The molecule has 22 heavy (non-hydrogen) atoms. The second kappa shape index (κ2) is 7.14. The predicted octanol–water partition coefficient (Wildman–Crippen LogP) is 2.91. The van der Waals surface area contributed by atoms with Crippen molar-refractivity contribution in [2.45, 2.75) is 53.2 Å². The number of amides is 2. The van der Waals surface area contributed by atoms with Crippen LogP contribution >= 0.6 is 0 Å². The summed E-state index contributed by atoms with van der Waals surface area (Å²) in [6.07, 6.45) is 1.61. The van der Waals surface area contributed by atoms with E-state index in [1.165, 1.54) is 22.3 Å². The van der Waals surface area contributed by atoms with Gasteiger partial charge in [0.1, 0.15) is 0 Å². The quantitative estimate of drug-likeness (QED) is 0.902. The second-order valence-corrected chi connectivity index (χ2v) is 6.62. The molecule has 2 rings (SSSR count). The molecule has 0 spiro atoms. The third-order valence-corrected chi connectivity index (χ3v) is 4.68. The third kappa shape index (κ3) is 4.01. The Kier molecular flexibility index (Phi) is 5.46. The van der Waals surface area contributed by atoms with Crippen molar-refractivity contribution in [3.8, 4) is 0 Å². The summed E-state index contributed by atoms with van der Waals surface area (Å²) in [7, 11) is 0. The van der Waals surface area contributed by atoms with Gasteiger partial charge in [0.05, 0.1) is 6.10 Å². The lowest BCUT2D eigenvalue weighted by Crippen LogP contribution is -2.47. The summed E-state index contributed by atoms with van der Waals surface area (Å²) >= 11 is 0. The average Bonchev–Trinajstić information content (AvgIpc) is 2.46. The summed E-state index contributed by atoms with van der Waals surface area (Å²) in [6, 6.07) is 4.28. The van der Waals surface area contributed by atoms with Gasteiger partial charge in [-0.15, -0.1) is 0 Å². The van der Waals surface area contributed by atoms with Gasteiger partial charge in [-0.1, -0.05) is 17.7 Å². The van der Waals surface area contributed by atoms with E-state index in [1.54, 1.807) is 0 Å². The molecular formula is C18H28N2O2. The SMILES string of the molecule is Cc1cc(C)c(CNC(=O)N2CCCC(C(C)O)C2)c(C)c1. The molecule has 4 heteroatoms. The molecule has 2 amide bonds. The molecule has 2 N–H and O–H groups in total. The third-order valence-electron chi connectivity index (χ3n) is 4.68. The number of hydrogen-bond acceptors (Lipinski definition) is 2. The van der Waals surface area contributed by atoms with Gasteiger partial charge in [-0.05, 0) is 57.2 Å². The van der Waals surface area contributed by atoms with Gasteiger partial charge < -0.3 is 15.3 Å². The number of aryl methyl sites for hydroxylation is 3. The Morgan fingerprint density at radius 1 is 1.36 bits per heavy atom. The molecule has 0 saturated carbocycles. The lowest BCUT2D eigenvalue weighted by molar-refractivity contribution is 0.0738. The van der Waals surface area contributed by atoms with Gasteiger partial charge in [-0.25, -0.2) is 4.79 Å². The van der Waals surface area contributed by atoms with Gasteiger partial charge >= 0.3 is 6.03 Å². The summed E-state index contributed by atoms with van der Waals surface area (Å²) < 4.78 is 0. The summed E-state index contributed by atoms with van der Waals surface area (Å²) in [5.74, 6) is 0.197. The molecule has 4 nitrogen and oxygen atoms in total. The number of carbonyl (C=O) groups excluding carboxylic acids is 1. The molecule has 2 unspecified atom stereocenters. The number of likely N-dealkylation sites (tertiary alicyclic amines) is 1. The number of carbonyl (C=O) groups is 1. The molecule has 1 fully saturated rings. The fourth-order valence-corrected chi connectivity index (χ4v) is 3.35. The van der Waals surface area contributed by atoms with E-state index in [2.05, 4.69) is 38.2 Å². The minimum atomic E-state index is -0.350. The monoisotopic (exact) mass is 304 g/mol. The van der Waals surface area contributed by atoms with E-state index in [-0.39, 0.29) is 18.1 Å². The van der Waals surface area contributed by atoms with Crippen LogP contribution in [0.1, 0.15) is 42.0 Å². The molecule has 1 saturated heterocycles. The topological polar surface area (TPSA) is 52.6 Å². The van der Waals surface area contributed by atoms with Crippen LogP contribution in [0, 0.1) is 26.7 Å². The number of aliphatic hydroxyl groups is 1. The Morgan fingerprint density at radius 2 is 2.00 bits per heavy atom. The molecule has 1 heterocycles. The largest absolute Gasteiger partial charge is 0.393 e. The van der Waals surface area contributed by atoms with Crippen LogP contribution in [-0.2, 0) is 6.54 Å². The van der Waals surface area contributed by atoms with Crippen molar-refractivity contribution in [1.82, 2.24) is 10.2 Å². The van der Waals surface area contributed by atoms with Gasteiger partial charge in [0, 0.05) is 25.6 Å². The molecule has 1 aromatic rings. The molecule has 1 aliphatic rings. The van der Waals surface area contributed by atoms with E-state index < -0.39 is 0 Å². The normalized spacial score (nSPS) is 19.9. The van der Waals surface area contributed by atoms with E-state index in [0.717, 1.165) is 19.4 Å². The minimum absolute atomic E-state index is 0.0234. The highest BCUT2D eigenvalue weighted by Gasteiger charge is 2.26. The summed E-state index contributed by atoms with van der Waals surface area (Å²) in [5, 5.41) is 12.8. The highest BCUT2D eigenvalue weighted by atomic mass is 16.3. The molecule has 2 atom stereocenters. The highest BCUT2D eigenvalue weighted by molar-refractivity contribution is 5.74. The molecule has 0 aliphatic carbocycles. The number of nitrogens with zero attached hydrogens (tertiary/aromatic N) is 1. The van der Waals surface area contributed by atoms with Crippen LogP contribution in [0.5, 0.6) is 0 Å². The Balaban J connectivity index is 1.95. The van der Waals surface area contributed by atoms with E-state index in [0.29, 0.717) is 13.1 Å². The lowest BCUT2D eigenvalue weighted by atomic mass is 9.94. The van der Waals surface area contributed by atoms with Gasteiger partial charge in [-0.3, -0.25) is 0 Å². The number of nitrogens with one attached hydrogen (secondary N) is 1. The van der Waals surface area contributed by atoms with Crippen LogP contribution in [-0.4, -0.2) is 35.2 Å². The number of piperidine rings is 1. The smallest absolute Gasteiger partial charge is 0.317 e. The first kappa shape index (κ1) is 16.8. The van der Waals surface area contributed by atoms with E-state index in [4.69, 9.17) is 0 Å². The Hall–Kier alpha value is -1.55. The number of hydrogen-bond donors (Lipinski definition) is 2. The van der Waals surface area contributed by atoms with Crippen LogP contribution in [0.2, 0.25) is 0 Å². The lowest BCUT2D eigenvalue weighted by Gasteiger charge is -2.34. The standard InChI is InChI=1S/C18H28N2O2/c1-12-8-13(2)17(14(3)9-12)10-19-18(22)20-7-5-6-16(11-20)15(4)21/h8-9,15-16,21H,5-7,10-11H2,1-4H3,(H,19,22). The number of benzene rings is 1. The molecule has 122 valence electrons. The van der Waals surface area contributed by atoms with E-state index in [1.807, 2.05) is 11.8 Å². The maximum atomic E-state index is 12.4. The van der Waals surface area contributed by atoms with Crippen molar-refractivity contribution in [1.29, 1.82) is 0 Å². The summed E-state index contributed by atoms with van der Waals surface area (Å²) in [6.45, 7) is 10.1. The number of rotatable bonds is 3. The molecule has 0 aromatic heterocycles. The fraction of sp³-hybridized carbons (Fsp3) is 0.611. The van der Waals surface area contributed by atoms with Gasteiger partial charge in [-0.2, -0.15) is 0 Å². The summed E-state index contributed by atoms with van der Waals surface area (Å²) in [5.41, 5.74) is 4.89. The van der Waals surface area contributed by atoms with Gasteiger partial charge in [0.2, 0.25) is 0 Å². The van der Waals surface area contributed by atoms with E-state index in [9.17, 15) is 9.90 Å². The number of aliphatic hydroxyl groups excluding tert-OH is 1. The van der Waals surface area contributed by atoms with Crippen LogP contribution in [0.3, 0.4) is 0 Å². The first-order chi connectivity index (χ1) is 10.4. The zero-order chi connectivity index (χ0) is 16.3. The summed E-state index contributed by atoms with van der Waals surface area (Å²) in [4.78, 5) is 14.2. The van der Waals surface area contributed by atoms with Crippen LogP contribution < -0.4 is 5.32 Å². The molecule has 1 aliphatic heterocycles. The zero-order valence-corrected chi connectivity index (χ0v) is 14.1. The predicted molar refractivity (Wildman–Crippen MR) is 88.9 cm³/mol. The van der Waals surface area contributed by atoms with Crippen molar-refractivity contribution < 1.29 is 9.90 Å². The van der Waals surface area contributed by atoms with E-state index >= 15 is 0 Å². The highest BCUT2D eigenvalue weighted by Crippen LogP contribution is 2.20. The molecule has 0 bridgehead atoms. The maximum absolute atomic E-state index is 12.4. The van der Waals surface area contributed by atoms with Gasteiger partial charge in [0.15, 0.2) is 0 Å². The van der Waals surface area contributed by atoms with Crippen molar-refractivity contribution in [2.75, 3.05) is 13.1 Å². The van der Waals surface area contributed by atoms with Crippen LogP contribution in [0.15, 0.2) is 12.1 Å². The van der Waals surface area contributed by atoms with Gasteiger partial charge in [0.25, 0.3) is 0 Å². The first-order valence-corrected chi connectivity index (χ1v) is 8.16. The zero-order valence-electron chi connectivity index (χ0n) is 14.1. The first-order valence-electron chi connectivity index (χ1n) is 8.16. The van der Waals surface area contributed by atoms with Crippen molar-refractivity contribution in [3.63, 3.8) is 0 Å². The average molecular weight is 304 g/mol. The van der Waals surface area contributed by atoms with Crippen LogP contribution in [0.25, 0.3) is 0 Å².